The second-order valence-electron chi connectivity index (χ2n) is 9.36. The van der Waals surface area contributed by atoms with Crippen molar-refractivity contribution in [3.8, 4) is 0 Å². The lowest BCUT2D eigenvalue weighted by molar-refractivity contribution is -0.212. The first kappa shape index (κ1) is 29.8. The highest BCUT2D eigenvalue weighted by Crippen LogP contribution is 2.24. The van der Waals surface area contributed by atoms with Crippen LogP contribution in [0.15, 0.2) is 119 Å². The molecule has 208 valence electrons. The maximum atomic E-state index is 12.5. The topological polar surface area (TPSA) is 86.7 Å². The molecule has 0 aliphatic heterocycles. The summed E-state index contributed by atoms with van der Waals surface area (Å²) in [5, 5.41) is 0. The molecule has 0 bridgehead atoms. The maximum absolute atomic E-state index is 12.5. The van der Waals surface area contributed by atoms with Gasteiger partial charge in [0.25, 0.3) is 5.79 Å². The third-order valence-electron chi connectivity index (χ3n) is 5.74. The summed E-state index contributed by atoms with van der Waals surface area (Å²) in [7, 11) is 0. The second kappa shape index (κ2) is 14.0. The molecule has 0 amide bonds. The van der Waals surface area contributed by atoms with E-state index in [1.165, 1.54) is 37.4 Å². The van der Waals surface area contributed by atoms with Crippen LogP contribution in [0.4, 0.5) is 0 Å². The van der Waals surface area contributed by atoms with Gasteiger partial charge in [-0.3, -0.25) is 19.2 Å². The smallest absolute Gasteiger partial charge is 0.319 e. The average Bonchev–Trinajstić information content (AvgIpc) is 2.99. The van der Waals surface area contributed by atoms with Crippen molar-refractivity contribution in [2.45, 2.75) is 29.4 Å². The van der Waals surface area contributed by atoms with Crippen molar-refractivity contribution in [3.05, 3.63) is 131 Å². The quantitative estimate of drug-likeness (QED) is 0.0773. The third kappa shape index (κ3) is 8.93. The fraction of sp³-hybridized carbons (Fsp3) is 0.152. The Morgan fingerprint density at radius 3 is 1.17 bits per heavy atom. The van der Waals surface area contributed by atoms with Crippen molar-refractivity contribution in [2.24, 2.45) is 0 Å². The zero-order valence-corrected chi connectivity index (χ0v) is 24.2. The zero-order chi connectivity index (χ0) is 29.2. The lowest BCUT2D eigenvalue weighted by Gasteiger charge is -2.25. The third-order valence-corrected chi connectivity index (χ3v) is 7.71. The summed E-state index contributed by atoms with van der Waals surface area (Å²) in [6.07, 6.45) is 0. The van der Waals surface area contributed by atoms with E-state index in [0.29, 0.717) is 22.3 Å². The first-order valence-electron chi connectivity index (χ1n) is 12.8. The Morgan fingerprint density at radius 2 is 0.829 bits per heavy atom. The monoisotopic (exact) mass is 584 g/mol. The van der Waals surface area contributed by atoms with Crippen molar-refractivity contribution in [2.75, 3.05) is 11.5 Å². The summed E-state index contributed by atoms with van der Waals surface area (Å²) in [6.45, 7) is 3.01. The summed E-state index contributed by atoms with van der Waals surface area (Å²) in [5.74, 6) is -2.64. The van der Waals surface area contributed by atoms with E-state index in [1.54, 1.807) is 72.8 Å². The minimum Gasteiger partial charge on any atom is -0.422 e. The molecule has 4 aromatic rings. The molecule has 0 saturated heterocycles. The van der Waals surface area contributed by atoms with Gasteiger partial charge in [0, 0.05) is 45.9 Å². The minimum absolute atomic E-state index is 0.00968. The van der Waals surface area contributed by atoms with E-state index in [2.05, 4.69) is 0 Å². The molecule has 0 aliphatic carbocycles. The number of hydrogen-bond donors (Lipinski definition) is 0. The van der Waals surface area contributed by atoms with E-state index in [-0.39, 0.29) is 23.1 Å². The normalized spacial score (nSPS) is 11.0. The number of ether oxygens (including phenoxy) is 2. The predicted octanol–water partition coefficient (Wildman–Crippen LogP) is 6.86. The molecule has 6 nitrogen and oxygen atoms in total. The van der Waals surface area contributed by atoms with E-state index in [9.17, 15) is 19.2 Å². The van der Waals surface area contributed by atoms with Gasteiger partial charge in [0.2, 0.25) is 0 Å². The van der Waals surface area contributed by atoms with Crippen LogP contribution in [-0.2, 0) is 19.1 Å². The average molecular weight is 585 g/mol. The lowest BCUT2D eigenvalue weighted by atomic mass is 10.0. The number of benzene rings is 4. The van der Waals surface area contributed by atoms with Crippen LogP contribution >= 0.6 is 23.5 Å². The molecule has 0 fully saturated rings. The standard InChI is InChI=1S/C33H28O6S2/c1-33(2,38-29(34)21-40-27-17-13-25(14-18-27)31(36)23-9-5-3-6-10-23)39-30(35)22-41-28-19-15-26(16-20-28)32(37)24-11-7-4-8-12-24/h3-20H,21-22H2,1-2H3. The molecule has 0 heterocycles. The van der Waals surface area contributed by atoms with Crippen molar-refractivity contribution in [1.29, 1.82) is 0 Å². The van der Waals surface area contributed by atoms with Crippen LogP contribution in [-0.4, -0.2) is 40.8 Å². The second-order valence-corrected chi connectivity index (χ2v) is 11.5. The summed E-state index contributed by atoms with van der Waals surface area (Å²) in [6, 6.07) is 32.0. The highest BCUT2D eigenvalue weighted by Gasteiger charge is 2.27. The van der Waals surface area contributed by atoms with E-state index in [4.69, 9.17) is 9.47 Å². The number of thioether (sulfide) groups is 2. The lowest BCUT2D eigenvalue weighted by Crippen LogP contribution is -2.35. The largest absolute Gasteiger partial charge is 0.422 e. The number of carbonyl (C=O) groups is 4. The molecule has 0 aromatic heterocycles. The molecule has 0 N–H and O–H groups in total. The van der Waals surface area contributed by atoms with Crippen LogP contribution in [0.25, 0.3) is 0 Å². The molecule has 4 rings (SSSR count). The Bertz CT molecular complexity index is 1380. The van der Waals surface area contributed by atoms with Crippen molar-refractivity contribution < 1.29 is 28.7 Å². The van der Waals surface area contributed by atoms with Crippen LogP contribution in [0.1, 0.15) is 45.7 Å². The summed E-state index contributed by atoms with van der Waals surface area (Å²) >= 11 is 2.52. The molecule has 0 spiro atoms. The molecular formula is C33H28O6S2. The highest BCUT2D eigenvalue weighted by atomic mass is 32.2. The fourth-order valence-corrected chi connectivity index (χ4v) is 5.17. The molecule has 0 unspecified atom stereocenters. The maximum Gasteiger partial charge on any atom is 0.319 e. The van der Waals surface area contributed by atoms with Gasteiger partial charge in [0.1, 0.15) is 0 Å². The van der Waals surface area contributed by atoms with Gasteiger partial charge < -0.3 is 9.47 Å². The molecular weight excluding hydrogens is 556 g/mol. The van der Waals surface area contributed by atoms with Crippen molar-refractivity contribution in [3.63, 3.8) is 0 Å². The van der Waals surface area contributed by atoms with Gasteiger partial charge in [0.05, 0.1) is 11.5 Å². The van der Waals surface area contributed by atoms with Gasteiger partial charge in [-0.25, -0.2) is 0 Å². The van der Waals surface area contributed by atoms with Crippen LogP contribution in [0.3, 0.4) is 0 Å². The van der Waals surface area contributed by atoms with Crippen molar-refractivity contribution >= 4 is 47.0 Å². The van der Waals surface area contributed by atoms with Gasteiger partial charge in [0.15, 0.2) is 11.6 Å². The number of ketones is 2. The number of esters is 2. The van der Waals surface area contributed by atoms with Crippen LogP contribution in [0.5, 0.6) is 0 Å². The summed E-state index contributed by atoms with van der Waals surface area (Å²) in [4.78, 5) is 51.5. The molecule has 41 heavy (non-hydrogen) atoms. The van der Waals surface area contributed by atoms with Gasteiger partial charge in [-0.15, -0.1) is 23.5 Å². The minimum atomic E-state index is -1.44. The zero-order valence-electron chi connectivity index (χ0n) is 22.6. The number of rotatable bonds is 12. The van der Waals surface area contributed by atoms with Gasteiger partial charge in [-0.05, 0) is 48.5 Å². The molecule has 0 aliphatic rings. The predicted molar refractivity (Wildman–Crippen MR) is 160 cm³/mol. The van der Waals surface area contributed by atoms with Crippen LogP contribution in [0.2, 0.25) is 0 Å². The van der Waals surface area contributed by atoms with E-state index in [1.807, 2.05) is 36.4 Å². The van der Waals surface area contributed by atoms with E-state index < -0.39 is 17.7 Å². The molecule has 0 saturated carbocycles. The highest BCUT2D eigenvalue weighted by molar-refractivity contribution is 8.00. The Labute approximate surface area is 247 Å². The summed E-state index contributed by atoms with van der Waals surface area (Å²) in [5.41, 5.74) is 2.34. The van der Waals surface area contributed by atoms with Gasteiger partial charge >= 0.3 is 11.9 Å². The van der Waals surface area contributed by atoms with Crippen molar-refractivity contribution in [1.82, 2.24) is 0 Å². The molecule has 8 heteroatoms. The molecule has 0 radical (unpaired) electrons. The Hall–Kier alpha value is -4.14. The van der Waals surface area contributed by atoms with Crippen LogP contribution < -0.4 is 0 Å². The number of hydrogen-bond acceptors (Lipinski definition) is 8. The SMILES string of the molecule is CC(C)(OC(=O)CSc1ccc(C(=O)c2ccccc2)cc1)OC(=O)CSc1ccc(C(=O)c2ccccc2)cc1. The van der Waals surface area contributed by atoms with Gasteiger partial charge in [-0.1, -0.05) is 60.7 Å². The first-order valence-corrected chi connectivity index (χ1v) is 14.8. The Balaban J connectivity index is 1.20. The fourth-order valence-electron chi connectivity index (χ4n) is 3.83. The van der Waals surface area contributed by atoms with E-state index >= 15 is 0 Å². The summed E-state index contributed by atoms with van der Waals surface area (Å²) < 4.78 is 10.8. The van der Waals surface area contributed by atoms with E-state index in [0.717, 1.165) is 9.79 Å². The Morgan fingerprint density at radius 1 is 0.512 bits per heavy atom. The number of carbonyl (C=O) groups excluding carboxylic acids is 4. The van der Waals surface area contributed by atoms with Gasteiger partial charge in [-0.2, -0.15) is 0 Å². The molecule has 4 aromatic carbocycles. The first-order chi connectivity index (χ1) is 19.7. The Kier molecular flexibility index (Phi) is 10.2. The van der Waals surface area contributed by atoms with Crippen LogP contribution in [0, 0.1) is 0 Å². The molecule has 0 atom stereocenters.